The van der Waals surface area contributed by atoms with Crippen LogP contribution in [0.15, 0.2) is 24.3 Å². The molecule has 1 aliphatic rings. The molecule has 1 unspecified atom stereocenters. The van der Waals surface area contributed by atoms with Gasteiger partial charge in [-0.1, -0.05) is 12.1 Å². The van der Waals surface area contributed by atoms with Gasteiger partial charge in [-0.25, -0.2) is 8.42 Å². The SMILES string of the molecule is COCCNC(=O)c1ccccc1NCC(=O)N(C)C1CCS(=O)(=O)C1. The fourth-order valence-electron chi connectivity index (χ4n) is 2.78. The number of likely N-dealkylation sites (N-methyl/N-ethyl adjacent to an activating group) is 1. The number of hydrogen-bond donors (Lipinski definition) is 2. The van der Waals surface area contributed by atoms with Crippen molar-refractivity contribution in [2.75, 3.05) is 50.7 Å². The molecular weight excluding hydrogens is 358 g/mol. The normalized spacial score (nSPS) is 18.3. The Labute approximate surface area is 153 Å². The van der Waals surface area contributed by atoms with Crippen LogP contribution in [0.2, 0.25) is 0 Å². The number of sulfone groups is 1. The number of carbonyl (C=O) groups excluding carboxylic acids is 2. The summed E-state index contributed by atoms with van der Waals surface area (Å²) in [4.78, 5) is 26.1. The van der Waals surface area contributed by atoms with Crippen LogP contribution in [-0.2, 0) is 19.4 Å². The molecule has 0 spiro atoms. The first-order valence-electron chi connectivity index (χ1n) is 8.40. The fourth-order valence-corrected chi connectivity index (χ4v) is 4.55. The molecule has 1 atom stereocenters. The van der Waals surface area contributed by atoms with Gasteiger partial charge in [0.25, 0.3) is 5.91 Å². The zero-order valence-corrected chi connectivity index (χ0v) is 15.8. The Morgan fingerprint density at radius 1 is 1.31 bits per heavy atom. The molecule has 0 saturated carbocycles. The van der Waals surface area contributed by atoms with Crippen LogP contribution < -0.4 is 10.6 Å². The lowest BCUT2D eigenvalue weighted by molar-refractivity contribution is -0.129. The number of ether oxygens (including phenoxy) is 1. The summed E-state index contributed by atoms with van der Waals surface area (Å²) < 4.78 is 28.0. The highest BCUT2D eigenvalue weighted by Gasteiger charge is 2.32. The summed E-state index contributed by atoms with van der Waals surface area (Å²) in [6.07, 6.45) is 0.461. The van der Waals surface area contributed by atoms with Crippen LogP contribution in [0.5, 0.6) is 0 Å². The van der Waals surface area contributed by atoms with Crippen molar-refractivity contribution >= 4 is 27.3 Å². The Balaban J connectivity index is 1.94. The maximum absolute atomic E-state index is 12.4. The smallest absolute Gasteiger partial charge is 0.253 e. The van der Waals surface area contributed by atoms with Crippen LogP contribution in [0, 0.1) is 0 Å². The van der Waals surface area contributed by atoms with Crippen LogP contribution in [0.4, 0.5) is 5.69 Å². The van der Waals surface area contributed by atoms with Gasteiger partial charge in [0.2, 0.25) is 5.91 Å². The maximum Gasteiger partial charge on any atom is 0.253 e. The van der Waals surface area contributed by atoms with Crippen molar-refractivity contribution in [3.05, 3.63) is 29.8 Å². The minimum absolute atomic E-state index is 0.00767. The summed E-state index contributed by atoms with van der Waals surface area (Å²) in [5, 5.41) is 5.72. The third-order valence-electron chi connectivity index (χ3n) is 4.34. The van der Waals surface area contributed by atoms with Gasteiger partial charge in [0.1, 0.15) is 0 Å². The molecule has 26 heavy (non-hydrogen) atoms. The molecule has 2 rings (SSSR count). The number of nitrogens with one attached hydrogen (secondary N) is 2. The second-order valence-corrected chi connectivity index (χ2v) is 8.44. The first kappa shape index (κ1) is 20.2. The predicted octanol–water partition coefficient (Wildman–Crippen LogP) is 0.120. The lowest BCUT2D eigenvalue weighted by Gasteiger charge is -2.24. The Hall–Kier alpha value is -2.13. The van der Waals surface area contributed by atoms with Crippen molar-refractivity contribution in [2.45, 2.75) is 12.5 Å². The van der Waals surface area contributed by atoms with Gasteiger partial charge in [-0.3, -0.25) is 9.59 Å². The van der Waals surface area contributed by atoms with Crippen LogP contribution in [0.25, 0.3) is 0 Å². The Morgan fingerprint density at radius 2 is 2.04 bits per heavy atom. The molecule has 144 valence electrons. The van der Waals surface area contributed by atoms with Crippen molar-refractivity contribution < 1.29 is 22.7 Å². The number of carbonyl (C=O) groups is 2. The molecule has 1 aromatic carbocycles. The number of rotatable bonds is 8. The standard InChI is InChI=1S/C17H25N3O5S/c1-20(13-7-10-26(23,24)12-13)16(21)11-19-15-6-4-3-5-14(15)17(22)18-8-9-25-2/h3-6,13,19H,7-12H2,1-2H3,(H,18,22). The molecule has 8 nitrogen and oxygen atoms in total. The van der Waals surface area contributed by atoms with E-state index in [9.17, 15) is 18.0 Å². The average Bonchev–Trinajstić information content (AvgIpc) is 2.99. The Kier molecular flexibility index (Phi) is 6.98. The van der Waals surface area contributed by atoms with Crippen LogP contribution >= 0.6 is 0 Å². The highest BCUT2D eigenvalue weighted by Crippen LogP contribution is 2.18. The minimum atomic E-state index is -3.05. The molecular formula is C17H25N3O5S. The topological polar surface area (TPSA) is 105 Å². The highest BCUT2D eigenvalue weighted by molar-refractivity contribution is 7.91. The second-order valence-electron chi connectivity index (χ2n) is 6.21. The van der Waals surface area contributed by atoms with Gasteiger partial charge < -0.3 is 20.3 Å². The quantitative estimate of drug-likeness (QED) is 0.618. The van der Waals surface area contributed by atoms with Gasteiger partial charge in [-0.15, -0.1) is 0 Å². The van der Waals surface area contributed by atoms with Gasteiger partial charge >= 0.3 is 0 Å². The molecule has 1 saturated heterocycles. The van der Waals surface area contributed by atoms with Crippen LogP contribution in [-0.4, -0.2) is 76.5 Å². The van der Waals surface area contributed by atoms with E-state index in [1.165, 1.54) is 4.90 Å². The lowest BCUT2D eigenvalue weighted by atomic mass is 10.1. The van der Waals surface area contributed by atoms with Gasteiger partial charge in [0.05, 0.1) is 30.2 Å². The van der Waals surface area contributed by atoms with Crippen molar-refractivity contribution in [1.82, 2.24) is 10.2 Å². The molecule has 0 aromatic heterocycles. The number of hydrogen-bond acceptors (Lipinski definition) is 6. The monoisotopic (exact) mass is 383 g/mol. The van der Waals surface area contributed by atoms with Gasteiger partial charge in [0.15, 0.2) is 9.84 Å². The molecule has 2 amide bonds. The minimum Gasteiger partial charge on any atom is -0.383 e. The third-order valence-corrected chi connectivity index (χ3v) is 6.09. The molecule has 1 heterocycles. The van der Waals surface area contributed by atoms with E-state index in [1.807, 2.05) is 0 Å². The number of methoxy groups -OCH3 is 1. The number of amides is 2. The van der Waals surface area contributed by atoms with Crippen molar-refractivity contribution in [2.24, 2.45) is 0 Å². The maximum atomic E-state index is 12.4. The molecule has 2 N–H and O–H groups in total. The van der Waals surface area contributed by atoms with Crippen LogP contribution in [0.1, 0.15) is 16.8 Å². The van der Waals surface area contributed by atoms with E-state index < -0.39 is 9.84 Å². The third kappa shape index (κ3) is 5.43. The van der Waals surface area contributed by atoms with Crippen molar-refractivity contribution in [1.29, 1.82) is 0 Å². The van der Waals surface area contributed by atoms with Gasteiger partial charge in [-0.05, 0) is 18.6 Å². The summed E-state index contributed by atoms with van der Waals surface area (Å²) in [5.41, 5.74) is 0.978. The average molecular weight is 383 g/mol. The molecule has 0 bridgehead atoms. The summed E-state index contributed by atoms with van der Waals surface area (Å²) >= 11 is 0. The number of anilines is 1. The van der Waals surface area contributed by atoms with Gasteiger partial charge in [-0.2, -0.15) is 0 Å². The van der Waals surface area contributed by atoms with E-state index in [1.54, 1.807) is 38.4 Å². The Bertz CT molecular complexity index is 751. The zero-order valence-electron chi connectivity index (χ0n) is 15.0. The first-order chi connectivity index (χ1) is 12.3. The molecule has 0 radical (unpaired) electrons. The molecule has 1 fully saturated rings. The lowest BCUT2D eigenvalue weighted by Crippen LogP contribution is -2.41. The van der Waals surface area contributed by atoms with E-state index in [0.29, 0.717) is 30.8 Å². The first-order valence-corrected chi connectivity index (χ1v) is 10.2. The fraction of sp³-hybridized carbons (Fsp3) is 0.529. The van der Waals surface area contributed by atoms with Crippen molar-refractivity contribution in [3.8, 4) is 0 Å². The van der Waals surface area contributed by atoms with Crippen molar-refractivity contribution in [3.63, 3.8) is 0 Å². The molecule has 1 aliphatic heterocycles. The van der Waals surface area contributed by atoms with E-state index in [-0.39, 0.29) is 35.9 Å². The summed E-state index contributed by atoms with van der Waals surface area (Å²) in [6.45, 7) is 0.784. The van der Waals surface area contributed by atoms with Crippen LogP contribution in [0.3, 0.4) is 0 Å². The second kappa shape index (κ2) is 9.00. The van der Waals surface area contributed by atoms with E-state index in [4.69, 9.17) is 4.74 Å². The highest BCUT2D eigenvalue weighted by atomic mass is 32.2. The molecule has 9 heteroatoms. The van der Waals surface area contributed by atoms with E-state index >= 15 is 0 Å². The van der Waals surface area contributed by atoms with E-state index in [0.717, 1.165) is 0 Å². The zero-order chi connectivity index (χ0) is 19.2. The van der Waals surface area contributed by atoms with E-state index in [2.05, 4.69) is 10.6 Å². The number of para-hydroxylation sites is 1. The van der Waals surface area contributed by atoms with Gasteiger partial charge in [0, 0.05) is 32.4 Å². The summed E-state index contributed by atoms with van der Waals surface area (Å²) in [7, 11) is 0.117. The summed E-state index contributed by atoms with van der Waals surface area (Å²) in [5.74, 6) is -0.351. The number of nitrogens with zero attached hydrogens (tertiary/aromatic N) is 1. The molecule has 1 aromatic rings. The molecule has 0 aliphatic carbocycles. The summed E-state index contributed by atoms with van der Waals surface area (Å²) in [6, 6.07) is 6.61. The predicted molar refractivity (Wildman–Crippen MR) is 99.0 cm³/mol. The largest absolute Gasteiger partial charge is 0.383 e. The Morgan fingerprint density at radius 3 is 2.69 bits per heavy atom. The number of benzene rings is 1.